The third kappa shape index (κ3) is 4.92. The van der Waals surface area contributed by atoms with Crippen LogP contribution in [0.2, 0.25) is 0 Å². The van der Waals surface area contributed by atoms with E-state index in [1.807, 2.05) is 30.3 Å². The van der Waals surface area contributed by atoms with Crippen LogP contribution in [0.25, 0.3) is 0 Å². The van der Waals surface area contributed by atoms with Crippen LogP contribution in [0.15, 0.2) is 36.7 Å². The van der Waals surface area contributed by atoms with E-state index in [9.17, 15) is 0 Å². The number of hydrogen-bond donors (Lipinski definition) is 2. The molecule has 7 heteroatoms. The van der Waals surface area contributed by atoms with Crippen LogP contribution >= 0.6 is 0 Å². The van der Waals surface area contributed by atoms with Gasteiger partial charge in [-0.1, -0.05) is 31.0 Å². The Labute approximate surface area is 202 Å². The Kier molecular flexibility index (Phi) is 6.51. The standard InChI is InChI=1S/C21H28N6.C6H7N/c1-16-14-26(10-11-27(16)18-7-3-4-8-18)21-12-20(23-15-24-21)25-19-9-5-2-6-17(19)13-22;7-4-5-3-6(5)1-2-6/h2,5-6,9,12-13,15-16,18,22H,3-4,7-8,10-11,14H2,1H3,(H,23,24,25);5H,1-3H2. The van der Waals surface area contributed by atoms with Gasteiger partial charge in [-0.2, -0.15) is 5.26 Å². The van der Waals surface area contributed by atoms with Gasteiger partial charge in [-0.15, -0.1) is 0 Å². The van der Waals surface area contributed by atoms with Crippen molar-refractivity contribution in [3.05, 3.63) is 42.2 Å². The molecule has 7 nitrogen and oxygen atoms in total. The maximum absolute atomic E-state index is 8.33. The Bertz CT molecular complexity index is 1050. The molecule has 6 rings (SSSR count). The van der Waals surface area contributed by atoms with E-state index in [-0.39, 0.29) is 0 Å². The molecule has 4 aliphatic rings. The number of nitriles is 1. The number of aromatic nitrogens is 2. The van der Waals surface area contributed by atoms with Crippen LogP contribution < -0.4 is 10.2 Å². The van der Waals surface area contributed by atoms with Gasteiger partial charge < -0.3 is 15.6 Å². The second kappa shape index (κ2) is 9.71. The fourth-order valence-corrected chi connectivity index (χ4v) is 5.66. The van der Waals surface area contributed by atoms with E-state index >= 15 is 0 Å². The summed E-state index contributed by atoms with van der Waals surface area (Å²) in [5, 5.41) is 19.2. The van der Waals surface area contributed by atoms with Crippen molar-refractivity contribution in [3.8, 4) is 6.07 Å². The number of hydrogen-bond acceptors (Lipinski definition) is 7. The third-order valence-corrected chi connectivity index (χ3v) is 8.07. The molecule has 2 aromatic rings. The normalized spacial score (nSPS) is 25.2. The molecule has 34 heavy (non-hydrogen) atoms. The summed E-state index contributed by atoms with van der Waals surface area (Å²) in [5.41, 5.74) is 2.34. The Morgan fingerprint density at radius 1 is 1.18 bits per heavy atom. The van der Waals surface area contributed by atoms with Gasteiger partial charge in [0, 0.05) is 55.2 Å². The number of para-hydroxylation sites is 1. The van der Waals surface area contributed by atoms with Crippen molar-refractivity contribution in [3.63, 3.8) is 0 Å². The minimum atomic E-state index is 0.465. The van der Waals surface area contributed by atoms with Crippen molar-refractivity contribution in [1.29, 1.82) is 10.7 Å². The summed E-state index contributed by atoms with van der Waals surface area (Å²) in [6.07, 6.45) is 12.4. The summed E-state index contributed by atoms with van der Waals surface area (Å²) in [6, 6.07) is 13.4. The first-order valence-electron chi connectivity index (χ1n) is 12.7. The monoisotopic (exact) mass is 457 g/mol. The highest BCUT2D eigenvalue weighted by molar-refractivity contribution is 5.87. The van der Waals surface area contributed by atoms with E-state index in [0.717, 1.165) is 48.6 Å². The van der Waals surface area contributed by atoms with Crippen molar-refractivity contribution in [2.45, 2.75) is 64.0 Å². The van der Waals surface area contributed by atoms with Crippen LogP contribution in [-0.4, -0.2) is 52.8 Å². The first-order chi connectivity index (χ1) is 16.6. The van der Waals surface area contributed by atoms with Crippen LogP contribution in [0.3, 0.4) is 0 Å². The third-order valence-electron chi connectivity index (χ3n) is 8.07. The quantitative estimate of drug-likeness (QED) is 0.615. The SMILES string of the molecule is CC1CN(c2cc(Nc3ccccc3C=N)ncn2)CCN1C1CCCC1.N#CC1CC12CC2. The van der Waals surface area contributed by atoms with Crippen molar-refractivity contribution in [1.82, 2.24) is 14.9 Å². The van der Waals surface area contributed by atoms with Crippen LogP contribution in [0.5, 0.6) is 0 Å². The van der Waals surface area contributed by atoms with Gasteiger partial charge in [-0.05, 0) is 50.5 Å². The molecule has 2 atom stereocenters. The maximum atomic E-state index is 8.33. The lowest BCUT2D eigenvalue weighted by Crippen LogP contribution is -2.55. The van der Waals surface area contributed by atoms with Gasteiger partial charge in [0.2, 0.25) is 0 Å². The highest BCUT2D eigenvalue weighted by Crippen LogP contribution is 2.70. The number of anilines is 3. The van der Waals surface area contributed by atoms with E-state index in [1.165, 1.54) is 51.2 Å². The molecular weight excluding hydrogens is 422 g/mol. The fourth-order valence-electron chi connectivity index (χ4n) is 5.66. The number of nitrogens with one attached hydrogen (secondary N) is 2. The summed E-state index contributed by atoms with van der Waals surface area (Å²) in [5.74, 6) is 2.20. The average molecular weight is 458 g/mol. The zero-order chi connectivity index (χ0) is 23.5. The first kappa shape index (κ1) is 22.8. The van der Waals surface area contributed by atoms with Gasteiger partial charge in [0.25, 0.3) is 0 Å². The summed E-state index contributed by atoms with van der Waals surface area (Å²) < 4.78 is 0. The highest BCUT2D eigenvalue weighted by Gasteiger charge is 2.63. The second-order valence-corrected chi connectivity index (χ2v) is 10.3. The lowest BCUT2D eigenvalue weighted by atomic mass is 10.1. The maximum Gasteiger partial charge on any atom is 0.135 e. The predicted molar refractivity (Wildman–Crippen MR) is 136 cm³/mol. The molecule has 2 unspecified atom stereocenters. The van der Waals surface area contributed by atoms with Crippen LogP contribution in [0.4, 0.5) is 17.3 Å². The van der Waals surface area contributed by atoms with Crippen LogP contribution in [0.1, 0.15) is 57.4 Å². The topological polar surface area (TPSA) is 91.9 Å². The van der Waals surface area contributed by atoms with Gasteiger partial charge in [0.1, 0.15) is 18.0 Å². The second-order valence-electron chi connectivity index (χ2n) is 10.3. The zero-order valence-electron chi connectivity index (χ0n) is 20.1. The lowest BCUT2D eigenvalue weighted by molar-refractivity contribution is 0.130. The predicted octanol–water partition coefficient (Wildman–Crippen LogP) is 4.98. The van der Waals surface area contributed by atoms with Crippen LogP contribution in [-0.2, 0) is 0 Å². The number of benzene rings is 1. The molecule has 1 saturated heterocycles. The summed E-state index contributed by atoms with van der Waals surface area (Å²) in [6.45, 7) is 5.46. The molecule has 1 aromatic carbocycles. The summed E-state index contributed by atoms with van der Waals surface area (Å²) >= 11 is 0. The minimum absolute atomic E-state index is 0.465. The molecule has 2 heterocycles. The molecule has 0 amide bonds. The van der Waals surface area contributed by atoms with E-state index in [1.54, 1.807) is 6.33 Å². The zero-order valence-corrected chi connectivity index (χ0v) is 20.1. The summed E-state index contributed by atoms with van der Waals surface area (Å²) in [4.78, 5) is 13.9. The van der Waals surface area contributed by atoms with Gasteiger partial charge in [0.15, 0.2) is 0 Å². The van der Waals surface area contributed by atoms with E-state index in [2.05, 4.69) is 38.1 Å². The highest BCUT2D eigenvalue weighted by atomic mass is 15.3. The molecule has 1 aliphatic heterocycles. The molecule has 0 radical (unpaired) electrons. The van der Waals surface area contributed by atoms with Crippen molar-refractivity contribution in [2.24, 2.45) is 11.3 Å². The molecule has 1 aromatic heterocycles. The van der Waals surface area contributed by atoms with Gasteiger partial charge >= 0.3 is 0 Å². The van der Waals surface area contributed by atoms with Gasteiger partial charge in [-0.3, -0.25) is 4.90 Å². The van der Waals surface area contributed by atoms with Gasteiger partial charge in [0.05, 0.1) is 12.0 Å². The Hall–Kier alpha value is -2.98. The Morgan fingerprint density at radius 2 is 1.97 bits per heavy atom. The molecular formula is C27H35N7. The first-order valence-corrected chi connectivity index (χ1v) is 12.7. The molecule has 178 valence electrons. The van der Waals surface area contributed by atoms with E-state index < -0.39 is 0 Å². The van der Waals surface area contributed by atoms with E-state index in [0.29, 0.717) is 17.4 Å². The lowest BCUT2D eigenvalue weighted by Gasteiger charge is -2.43. The fraction of sp³-hybridized carbons (Fsp3) is 0.556. The van der Waals surface area contributed by atoms with Crippen LogP contribution in [0, 0.1) is 28.1 Å². The number of piperazine rings is 1. The largest absolute Gasteiger partial charge is 0.354 e. The van der Waals surface area contributed by atoms with Gasteiger partial charge in [-0.25, -0.2) is 9.97 Å². The van der Waals surface area contributed by atoms with Crippen molar-refractivity contribution >= 4 is 23.5 Å². The minimum Gasteiger partial charge on any atom is -0.354 e. The molecule has 4 fully saturated rings. The Balaban J connectivity index is 0.000000290. The Morgan fingerprint density at radius 3 is 2.62 bits per heavy atom. The molecule has 3 saturated carbocycles. The number of nitrogens with zero attached hydrogens (tertiary/aromatic N) is 5. The molecule has 2 N–H and O–H groups in total. The van der Waals surface area contributed by atoms with Crippen molar-refractivity contribution < 1.29 is 0 Å². The van der Waals surface area contributed by atoms with E-state index in [4.69, 9.17) is 10.7 Å². The molecule has 0 bridgehead atoms. The molecule has 1 spiro atoms. The average Bonchev–Trinajstić information content (AvgIpc) is 3.74. The summed E-state index contributed by atoms with van der Waals surface area (Å²) in [7, 11) is 0. The van der Waals surface area contributed by atoms with Crippen molar-refractivity contribution in [2.75, 3.05) is 29.9 Å². The smallest absolute Gasteiger partial charge is 0.135 e. The molecule has 3 aliphatic carbocycles. The number of rotatable bonds is 5.